The summed E-state index contributed by atoms with van der Waals surface area (Å²) in [5, 5.41) is 0. The molecule has 1 aliphatic rings. The van der Waals surface area contributed by atoms with Crippen molar-refractivity contribution in [2.45, 2.75) is 33.3 Å². The molecule has 0 atom stereocenters. The number of ether oxygens (including phenoxy) is 2. The molecule has 0 radical (unpaired) electrons. The summed E-state index contributed by atoms with van der Waals surface area (Å²) in [5.41, 5.74) is 0.441. The van der Waals surface area contributed by atoms with Crippen LogP contribution >= 0.6 is 0 Å². The molecule has 0 aromatic rings. The third kappa shape index (κ3) is 4.81. The second kappa shape index (κ2) is 6.45. The predicted octanol–water partition coefficient (Wildman–Crippen LogP) is 3.27. The second-order valence-electron chi connectivity index (χ2n) is 5.33. The molecule has 0 aliphatic carbocycles. The van der Waals surface area contributed by atoms with Crippen molar-refractivity contribution >= 4 is 6.09 Å². The van der Waals surface area contributed by atoms with E-state index in [1.54, 1.807) is 11.0 Å². The molecule has 106 valence electrons. The maximum absolute atomic E-state index is 12.1. The highest BCUT2D eigenvalue weighted by atomic mass is 16.6. The molecule has 0 N–H and O–H groups in total. The van der Waals surface area contributed by atoms with Gasteiger partial charge in [-0.05, 0) is 33.8 Å². The summed E-state index contributed by atoms with van der Waals surface area (Å²) < 4.78 is 11.0. The zero-order valence-corrected chi connectivity index (χ0v) is 12.2. The molecule has 19 heavy (non-hydrogen) atoms. The summed E-state index contributed by atoms with van der Waals surface area (Å²) in [5.74, 6) is 0.797. The van der Waals surface area contributed by atoms with Crippen molar-refractivity contribution in [3.05, 3.63) is 36.1 Å². The van der Waals surface area contributed by atoms with E-state index in [9.17, 15) is 4.79 Å². The third-order valence-corrected chi connectivity index (χ3v) is 2.53. The molecule has 0 saturated carbocycles. The Morgan fingerprint density at radius 1 is 1.47 bits per heavy atom. The average Bonchev–Trinajstić information content (AvgIpc) is 2.49. The number of hydrogen-bond acceptors (Lipinski definition) is 3. The minimum absolute atomic E-state index is 0.316. The van der Waals surface area contributed by atoms with Gasteiger partial charge in [0.05, 0.1) is 13.1 Å². The van der Waals surface area contributed by atoms with Crippen molar-refractivity contribution in [3.8, 4) is 0 Å². The van der Waals surface area contributed by atoms with E-state index in [2.05, 4.69) is 6.58 Å². The van der Waals surface area contributed by atoms with Gasteiger partial charge in [-0.3, -0.25) is 0 Å². The Balaban J connectivity index is 2.85. The first-order valence-electron chi connectivity index (χ1n) is 6.46. The Morgan fingerprint density at radius 2 is 2.16 bits per heavy atom. The van der Waals surface area contributed by atoms with Gasteiger partial charge in [-0.25, -0.2) is 4.79 Å². The van der Waals surface area contributed by atoms with Gasteiger partial charge in [-0.1, -0.05) is 18.7 Å². The molecule has 0 aromatic carbocycles. The SMILES string of the molecule is C=C/C=C1/CN(C(=O)OC(C)(C)C)CCO/C1=C/C. The standard InChI is InChI=1S/C15H23NO3/c1-6-8-12-11-16(9-10-18-13(12)7-2)14(17)19-15(3,4)5/h6-8H,1,9-11H2,2-5H3/b12-8-,13-7+. The zero-order valence-electron chi connectivity index (χ0n) is 12.2. The molecular weight excluding hydrogens is 242 g/mol. The second-order valence-corrected chi connectivity index (χ2v) is 5.33. The topological polar surface area (TPSA) is 38.8 Å². The van der Waals surface area contributed by atoms with E-state index in [0.717, 1.165) is 11.3 Å². The molecule has 1 rings (SSSR count). The lowest BCUT2D eigenvalue weighted by molar-refractivity contribution is 0.0254. The minimum Gasteiger partial charge on any atom is -0.492 e. The number of hydrogen-bond donors (Lipinski definition) is 0. The van der Waals surface area contributed by atoms with E-state index in [4.69, 9.17) is 9.47 Å². The molecular formula is C15H23NO3. The van der Waals surface area contributed by atoms with Gasteiger partial charge in [0, 0.05) is 5.57 Å². The number of carbonyl (C=O) groups excluding carboxylic acids is 1. The third-order valence-electron chi connectivity index (χ3n) is 2.53. The van der Waals surface area contributed by atoms with Crippen LogP contribution in [0.1, 0.15) is 27.7 Å². The molecule has 1 aliphatic heterocycles. The molecule has 1 fully saturated rings. The van der Waals surface area contributed by atoms with Crippen molar-refractivity contribution in [3.63, 3.8) is 0 Å². The zero-order chi connectivity index (χ0) is 14.5. The Hall–Kier alpha value is -1.71. The quantitative estimate of drug-likeness (QED) is 0.730. The van der Waals surface area contributed by atoms with Gasteiger partial charge in [0.15, 0.2) is 0 Å². The Bertz CT molecular complexity index is 402. The van der Waals surface area contributed by atoms with E-state index in [1.165, 1.54) is 0 Å². The summed E-state index contributed by atoms with van der Waals surface area (Å²) >= 11 is 0. The summed E-state index contributed by atoms with van der Waals surface area (Å²) in [6.07, 6.45) is 5.13. The van der Waals surface area contributed by atoms with Crippen LogP contribution in [0.25, 0.3) is 0 Å². The molecule has 1 heterocycles. The van der Waals surface area contributed by atoms with Gasteiger partial charge in [-0.15, -0.1) is 0 Å². The van der Waals surface area contributed by atoms with Crippen LogP contribution in [-0.4, -0.2) is 36.3 Å². The highest BCUT2D eigenvalue weighted by Gasteiger charge is 2.25. The number of amides is 1. The summed E-state index contributed by atoms with van der Waals surface area (Å²) in [6, 6.07) is 0. The van der Waals surface area contributed by atoms with Crippen LogP contribution in [0, 0.1) is 0 Å². The number of rotatable bonds is 1. The number of carbonyl (C=O) groups is 1. The number of allylic oxidation sites excluding steroid dienone is 3. The lowest BCUT2D eigenvalue weighted by atomic mass is 10.2. The van der Waals surface area contributed by atoms with Crippen LogP contribution in [0.2, 0.25) is 0 Å². The molecule has 1 saturated heterocycles. The van der Waals surface area contributed by atoms with Crippen molar-refractivity contribution < 1.29 is 14.3 Å². The fourth-order valence-electron chi connectivity index (χ4n) is 1.75. The Kier molecular flexibility index (Phi) is 5.21. The van der Waals surface area contributed by atoms with E-state index >= 15 is 0 Å². The van der Waals surface area contributed by atoms with E-state index in [0.29, 0.717) is 19.7 Å². The average molecular weight is 265 g/mol. The first kappa shape index (κ1) is 15.3. The predicted molar refractivity (Wildman–Crippen MR) is 75.8 cm³/mol. The minimum atomic E-state index is -0.490. The van der Waals surface area contributed by atoms with Crippen LogP contribution in [0.15, 0.2) is 36.1 Å². The summed E-state index contributed by atoms with van der Waals surface area (Å²) in [4.78, 5) is 13.7. The molecule has 0 bridgehead atoms. The van der Waals surface area contributed by atoms with Crippen LogP contribution in [0.4, 0.5) is 4.79 Å². The van der Waals surface area contributed by atoms with Crippen LogP contribution < -0.4 is 0 Å². The molecule has 0 spiro atoms. The fourth-order valence-corrected chi connectivity index (χ4v) is 1.75. The van der Waals surface area contributed by atoms with E-state index in [1.807, 2.05) is 39.8 Å². The molecule has 1 amide bonds. The lowest BCUT2D eigenvalue weighted by Gasteiger charge is -2.26. The van der Waals surface area contributed by atoms with Gasteiger partial charge in [0.25, 0.3) is 0 Å². The van der Waals surface area contributed by atoms with Crippen molar-refractivity contribution in [2.75, 3.05) is 19.7 Å². The van der Waals surface area contributed by atoms with Crippen LogP contribution in [0.3, 0.4) is 0 Å². The number of nitrogens with zero attached hydrogens (tertiary/aromatic N) is 1. The highest BCUT2D eigenvalue weighted by Crippen LogP contribution is 2.19. The monoisotopic (exact) mass is 265 g/mol. The fraction of sp³-hybridized carbons (Fsp3) is 0.533. The molecule has 0 unspecified atom stereocenters. The summed E-state index contributed by atoms with van der Waals surface area (Å²) in [7, 11) is 0. The summed E-state index contributed by atoms with van der Waals surface area (Å²) in [6.45, 7) is 12.6. The van der Waals surface area contributed by atoms with Gasteiger partial charge < -0.3 is 14.4 Å². The normalized spacial score (nSPS) is 20.9. The first-order valence-corrected chi connectivity index (χ1v) is 6.46. The first-order chi connectivity index (χ1) is 8.87. The highest BCUT2D eigenvalue weighted by molar-refractivity contribution is 5.69. The van der Waals surface area contributed by atoms with Crippen LogP contribution in [0.5, 0.6) is 0 Å². The molecule has 4 nitrogen and oxygen atoms in total. The van der Waals surface area contributed by atoms with Gasteiger partial charge in [0.2, 0.25) is 0 Å². The van der Waals surface area contributed by atoms with Crippen molar-refractivity contribution in [1.29, 1.82) is 0 Å². The van der Waals surface area contributed by atoms with Crippen LogP contribution in [-0.2, 0) is 9.47 Å². The molecule has 4 heteroatoms. The van der Waals surface area contributed by atoms with Crippen molar-refractivity contribution in [2.24, 2.45) is 0 Å². The van der Waals surface area contributed by atoms with Crippen molar-refractivity contribution in [1.82, 2.24) is 4.90 Å². The maximum Gasteiger partial charge on any atom is 0.410 e. The lowest BCUT2D eigenvalue weighted by Crippen LogP contribution is -2.38. The maximum atomic E-state index is 12.1. The van der Waals surface area contributed by atoms with Gasteiger partial charge in [0.1, 0.15) is 18.0 Å². The van der Waals surface area contributed by atoms with E-state index < -0.39 is 5.60 Å². The van der Waals surface area contributed by atoms with Gasteiger partial charge >= 0.3 is 6.09 Å². The smallest absolute Gasteiger partial charge is 0.410 e. The largest absolute Gasteiger partial charge is 0.492 e. The van der Waals surface area contributed by atoms with Gasteiger partial charge in [-0.2, -0.15) is 0 Å². The molecule has 0 aromatic heterocycles. The van der Waals surface area contributed by atoms with E-state index in [-0.39, 0.29) is 6.09 Å². The Morgan fingerprint density at radius 3 is 2.68 bits per heavy atom. The Labute approximate surface area is 115 Å².